The van der Waals surface area contributed by atoms with Gasteiger partial charge in [0, 0.05) is 51.4 Å². The molecule has 2 rings (SSSR count). The number of ether oxygens (including phenoxy) is 2. The molecule has 0 unspecified atom stereocenters. The second-order valence-corrected chi connectivity index (χ2v) is 8.58. The fraction of sp³-hybridized carbons (Fsp3) is 0.565. The Labute approximate surface area is 204 Å². The minimum Gasteiger partial charge on any atom is -0.493 e. The van der Waals surface area contributed by atoms with Gasteiger partial charge in [-0.15, -0.1) is 24.0 Å². The van der Waals surface area contributed by atoms with E-state index in [1.807, 2.05) is 30.9 Å². The molecule has 0 radical (unpaired) electrons. The largest absolute Gasteiger partial charge is 0.493 e. The van der Waals surface area contributed by atoms with Crippen molar-refractivity contribution in [3.05, 3.63) is 41.2 Å². The molecule has 7 nitrogen and oxygen atoms in total. The Bertz CT molecular complexity index is 877. The van der Waals surface area contributed by atoms with Gasteiger partial charge in [-0.1, -0.05) is 33.8 Å². The van der Waals surface area contributed by atoms with E-state index in [4.69, 9.17) is 9.47 Å². The fourth-order valence-corrected chi connectivity index (χ4v) is 3.54. The maximum atomic E-state index is 5.47. The highest BCUT2D eigenvalue weighted by Gasteiger charge is 2.24. The molecule has 0 spiro atoms. The molecule has 1 aromatic heterocycles. The summed E-state index contributed by atoms with van der Waals surface area (Å²) in [5.74, 6) is 2.70. The molecule has 1 aromatic carbocycles. The van der Waals surface area contributed by atoms with E-state index >= 15 is 0 Å². The quantitative estimate of drug-likeness (QED) is 0.308. The number of rotatable bonds is 8. The summed E-state index contributed by atoms with van der Waals surface area (Å²) >= 11 is 0. The van der Waals surface area contributed by atoms with Crippen LogP contribution < -0.4 is 14.8 Å². The first kappa shape index (κ1) is 27.1. The molecule has 0 saturated carbocycles. The molecule has 0 aliphatic carbocycles. The summed E-state index contributed by atoms with van der Waals surface area (Å²) in [5, 5.41) is 8.14. The molecule has 174 valence electrons. The molecule has 1 N–H and O–H groups in total. The normalized spacial score (nSPS) is 11.9. The van der Waals surface area contributed by atoms with Gasteiger partial charge in [-0.05, 0) is 23.6 Å². The first-order valence-electron chi connectivity index (χ1n) is 10.3. The van der Waals surface area contributed by atoms with E-state index in [1.165, 1.54) is 11.1 Å². The van der Waals surface area contributed by atoms with Crippen molar-refractivity contribution in [2.75, 3.05) is 34.9 Å². The van der Waals surface area contributed by atoms with E-state index in [9.17, 15) is 0 Å². The molecular weight excluding hydrogens is 505 g/mol. The maximum absolute atomic E-state index is 5.47. The summed E-state index contributed by atoms with van der Waals surface area (Å²) in [4.78, 5) is 6.62. The van der Waals surface area contributed by atoms with Gasteiger partial charge in [-0.3, -0.25) is 9.67 Å². The van der Waals surface area contributed by atoms with Gasteiger partial charge < -0.3 is 19.7 Å². The molecule has 0 aliphatic rings. The number of aliphatic imine (C=N–C) groups is 1. The van der Waals surface area contributed by atoms with Crippen LogP contribution in [0.2, 0.25) is 0 Å². The van der Waals surface area contributed by atoms with Gasteiger partial charge in [-0.25, -0.2) is 0 Å². The highest BCUT2D eigenvalue weighted by atomic mass is 127. The van der Waals surface area contributed by atoms with E-state index in [1.54, 1.807) is 14.2 Å². The minimum absolute atomic E-state index is 0. The molecule has 0 aliphatic heterocycles. The van der Waals surface area contributed by atoms with E-state index in [0.29, 0.717) is 5.92 Å². The van der Waals surface area contributed by atoms with Crippen LogP contribution in [0.15, 0.2) is 29.4 Å². The summed E-state index contributed by atoms with van der Waals surface area (Å²) in [6.07, 6.45) is 2.09. The summed E-state index contributed by atoms with van der Waals surface area (Å²) in [6, 6.07) is 6.07. The van der Waals surface area contributed by atoms with Crippen LogP contribution in [0.4, 0.5) is 0 Å². The van der Waals surface area contributed by atoms with Crippen molar-refractivity contribution in [2.24, 2.45) is 12.0 Å². The lowest BCUT2D eigenvalue weighted by atomic mass is 9.84. The number of hydrogen-bond acceptors (Lipinski definition) is 4. The van der Waals surface area contributed by atoms with Crippen LogP contribution in [0.3, 0.4) is 0 Å². The zero-order valence-electron chi connectivity index (χ0n) is 20.3. The van der Waals surface area contributed by atoms with Crippen LogP contribution in [0.5, 0.6) is 11.5 Å². The summed E-state index contributed by atoms with van der Waals surface area (Å²) < 4.78 is 12.7. The number of methoxy groups -OCH3 is 2. The van der Waals surface area contributed by atoms with Gasteiger partial charge in [0.25, 0.3) is 0 Å². The lowest BCUT2D eigenvalue weighted by Gasteiger charge is -2.30. The van der Waals surface area contributed by atoms with E-state index in [2.05, 4.69) is 67.3 Å². The van der Waals surface area contributed by atoms with Gasteiger partial charge in [0.1, 0.15) is 0 Å². The van der Waals surface area contributed by atoms with Crippen molar-refractivity contribution in [2.45, 2.75) is 45.6 Å². The Kier molecular flexibility index (Phi) is 10.1. The third kappa shape index (κ3) is 6.75. The zero-order chi connectivity index (χ0) is 22.5. The van der Waals surface area contributed by atoms with Gasteiger partial charge in [0.05, 0.1) is 19.9 Å². The van der Waals surface area contributed by atoms with Crippen molar-refractivity contribution in [3.8, 4) is 11.5 Å². The average molecular weight is 543 g/mol. The van der Waals surface area contributed by atoms with Crippen molar-refractivity contribution >= 4 is 29.9 Å². The van der Waals surface area contributed by atoms with Crippen molar-refractivity contribution in [1.29, 1.82) is 0 Å². The van der Waals surface area contributed by atoms with Gasteiger partial charge in [0.15, 0.2) is 17.5 Å². The number of nitrogens with zero attached hydrogens (tertiary/aromatic N) is 4. The molecule has 2 aromatic rings. The maximum Gasteiger partial charge on any atom is 0.193 e. The molecule has 8 heteroatoms. The van der Waals surface area contributed by atoms with E-state index < -0.39 is 0 Å². The second-order valence-electron chi connectivity index (χ2n) is 8.58. The number of nitrogens with one attached hydrogen (secondary N) is 1. The average Bonchev–Trinajstić information content (AvgIpc) is 3.08. The number of aromatic nitrogens is 2. The van der Waals surface area contributed by atoms with Crippen LogP contribution in [0.25, 0.3) is 0 Å². The predicted molar refractivity (Wildman–Crippen MR) is 138 cm³/mol. The van der Waals surface area contributed by atoms with Crippen molar-refractivity contribution in [3.63, 3.8) is 0 Å². The first-order chi connectivity index (χ1) is 14.1. The highest BCUT2D eigenvalue weighted by Crippen LogP contribution is 2.33. The van der Waals surface area contributed by atoms with Gasteiger partial charge in [-0.2, -0.15) is 5.10 Å². The number of aryl methyl sites for hydroxylation is 1. The standard InChI is InChI=1S/C23H37N5O2.HI/c1-16(2)21-17(14-28(7)26-21)13-27(6)22(24-5)25-15-23(3,4)18-10-11-19(29-8)20(12-18)30-9;/h10-12,14,16H,13,15H2,1-9H3,(H,24,25);1H. The highest BCUT2D eigenvalue weighted by molar-refractivity contribution is 14.0. The van der Waals surface area contributed by atoms with E-state index in [0.717, 1.165) is 36.2 Å². The summed E-state index contributed by atoms with van der Waals surface area (Å²) in [7, 11) is 9.14. The van der Waals surface area contributed by atoms with Gasteiger partial charge in [0.2, 0.25) is 0 Å². The third-order valence-corrected chi connectivity index (χ3v) is 5.32. The minimum atomic E-state index is -0.131. The van der Waals surface area contributed by atoms with Crippen molar-refractivity contribution < 1.29 is 9.47 Å². The molecule has 0 bridgehead atoms. The van der Waals surface area contributed by atoms with Crippen LogP contribution >= 0.6 is 24.0 Å². The van der Waals surface area contributed by atoms with Gasteiger partial charge >= 0.3 is 0 Å². The molecule has 0 fully saturated rings. The van der Waals surface area contributed by atoms with E-state index in [-0.39, 0.29) is 29.4 Å². The lowest BCUT2D eigenvalue weighted by Crippen LogP contribution is -2.44. The van der Waals surface area contributed by atoms with Crippen LogP contribution in [-0.2, 0) is 19.0 Å². The smallest absolute Gasteiger partial charge is 0.193 e. The second kappa shape index (κ2) is 11.6. The Morgan fingerprint density at radius 1 is 1.23 bits per heavy atom. The number of halogens is 1. The van der Waals surface area contributed by atoms with Crippen molar-refractivity contribution in [1.82, 2.24) is 20.0 Å². The molecule has 0 atom stereocenters. The molecule has 0 amide bonds. The van der Waals surface area contributed by atoms with Crippen LogP contribution in [0.1, 0.15) is 50.4 Å². The lowest BCUT2D eigenvalue weighted by molar-refractivity contribution is 0.353. The third-order valence-electron chi connectivity index (χ3n) is 5.32. The zero-order valence-corrected chi connectivity index (χ0v) is 22.6. The van der Waals surface area contributed by atoms with Crippen LogP contribution in [-0.4, -0.2) is 55.5 Å². The molecule has 1 heterocycles. The monoisotopic (exact) mass is 543 g/mol. The summed E-state index contributed by atoms with van der Waals surface area (Å²) in [5.41, 5.74) is 3.39. The number of guanidine groups is 1. The Balaban J connectivity index is 0.00000480. The number of hydrogen-bond donors (Lipinski definition) is 1. The number of benzene rings is 1. The Morgan fingerprint density at radius 2 is 1.87 bits per heavy atom. The Hall–Kier alpha value is -1.97. The fourth-order valence-electron chi connectivity index (χ4n) is 3.54. The molecular formula is C23H38IN5O2. The molecule has 31 heavy (non-hydrogen) atoms. The summed E-state index contributed by atoms with van der Waals surface area (Å²) in [6.45, 7) is 10.2. The first-order valence-corrected chi connectivity index (χ1v) is 10.3. The molecule has 0 saturated heterocycles. The van der Waals surface area contributed by atoms with Crippen LogP contribution in [0, 0.1) is 0 Å². The Morgan fingerprint density at radius 3 is 2.42 bits per heavy atom. The SMILES string of the molecule is CN=C(NCC(C)(C)c1ccc(OC)c(OC)c1)N(C)Cc1cn(C)nc1C(C)C.I. The topological polar surface area (TPSA) is 63.9 Å². The predicted octanol–water partition coefficient (Wildman–Crippen LogP) is 4.16.